The Morgan fingerprint density at radius 1 is 1.14 bits per heavy atom. The van der Waals surface area contributed by atoms with Crippen LogP contribution < -0.4 is 4.74 Å². The highest BCUT2D eigenvalue weighted by Crippen LogP contribution is 2.21. The highest BCUT2D eigenvalue weighted by molar-refractivity contribution is 5.56. The summed E-state index contributed by atoms with van der Waals surface area (Å²) in [7, 11) is 1.63. The zero-order chi connectivity index (χ0) is 14.7. The molecule has 0 unspecified atom stereocenters. The van der Waals surface area contributed by atoms with E-state index in [1.54, 1.807) is 25.3 Å². The van der Waals surface area contributed by atoms with Crippen LogP contribution in [0.5, 0.6) is 11.5 Å². The first-order chi connectivity index (χ1) is 10.2. The molecule has 106 valence electrons. The van der Waals surface area contributed by atoms with Crippen molar-refractivity contribution in [2.45, 2.75) is 6.42 Å². The van der Waals surface area contributed by atoms with Gasteiger partial charge in [-0.05, 0) is 29.8 Å². The zero-order valence-corrected chi connectivity index (χ0v) is 11.5. The van der Waals surface area contributed by atoms with Crippen molar-refractivity contribution >= 4 is 0 Å². The van der Waals surface area contributed by atoms with Crippen molar-refractivity contribution in [3.63, 3.8) is 0 Å². The Kier molecular flexibility index (Phi) is 3.55. The van der Waals surface area contributed by atoms with Gasteiger partial charge in [-0.2, -0.15) is 4.98 Å². The van der Waals surface area contributed by atoms with Gasteiger partial charge in [-0.25, -0.2) is 0 Å². The molecule has 0 amide bonds. The van der Waals surface area contributed by atoms with Gasteiger partial charge in [0.05, 0.1) is 13.5 Å². The number of nitrogens with zero attached hydrogens (tertiary/aromatic N) is 2. The van der Waals surface area contributed by atoms with Gasteiger partial charge < -0.3 is 14.4 Å². The minimum Gasteiger partial charge on any atom is -0.508 e. The first-order valence-electron chi connectivity index (χ1n) is 6.49. The van der Waals surface area contributed by atoms with E-state index in [4.69, 9.17) is 9.26 Å². The summed E-state index contributed by atoms with van der Waals surface area (Å²) < 4.78 is 10.4. The molecule has 0 bridgehead atoms. The molecule has 5 nitrogen and oxygen atoms in total. The first-order valence-corrected chi connectivity index (χ1v) is 6.49. The van der Waals surface area contributed by atoms with Crippen LogP contribution in [0.2, 0.25) is 0 Å². The smallest absolute Gasteiger partial charge is 0.231 e. The number of benzene rings is 2. The molecule has 2 aromatic carbocycles. The Hall–Kier alpha value is -2.82. The average Bonchev–Trinajstić information content (AvgIpc) is 2.97. The second-order valence-corrected chi connectivity index (χ2v) is 4.59. The highest BCUT2D eigenvalue weighted by Gasteiger charge is 2.09. The van der Waals surface area contributed by atoms with Crippen molar-refractivity contribution < 1.29 is 14.4 Å². The molecule has 0 spiro atoms. The van der Waals surface area contributed by atoms with E-state index in [-0.39, 0.29) is 5.75 Å². The van der Waals surface area contributed by atoms with Crippen LogP contribution in [-0.4, -0.2) is 22.4 Å². The van der Waals surface area contributed by atoms with Crippen molar-refractivity contribution in [2.75, 3.05) is 7.11 Å². The SMILES string of the molecule is COc1ccc(Cc2nc(-c3cccc(O)c3)no2)cc1. The Morgan fingerprint density at radius 3 is 2.67 bits per heavy atom. The third-order valence-corrected chi connectivity index (χ3v) is 3.09. The quantitative estimate of drug-likeness (QED) is 0.796. The lowest BCUT2D eigenvalue weighted by atomic mass is 10.1. The molecule has 1 aromatic heterocycles. The number of methoxy groups -OCH3 is 1. The van der Waals surface area contributed by atoms with E-state index < -0.39 is 0 Å². The lowest BCUT2D eigenvalue weighted by Crippen LogP contribution is -1.89. The number of rotatable bonds is 4. The van der Waals surface area contributed by atoms with Crippen LogP contribution in [0.3, 0.4) is 0 Å². The molecular formula is C16H14N2O3. The standard InChI is InChI=1S/C16H14N2O3/c1-20-14-7-5-11(6-8-14)9-15-17-16(18-21-15)12-3-2-4-13(19)10-12/h2-8,10,19H,9H2,1H3. The molecule has 0 saturated heterocycles. The third-order valence-electron chi connectivity index (χ3n) is 3.09. The second-order valence-electron chi connectivity index (χ2n) is 4.59. The fourth-order valence-corrected chi connectivity index (χ4v) is 2.01. The van der Waals surface area contributed by atoms with E-state index >= 15 is 0 Å². The molecule has 3 rings (SSSR count). The summed E-state index contributed by atoms with van der Waals surface area (Å²) >= 11 is 0. The molecule has 0 atom stereocenters. The van der Waals surface area contributed by atoms with Gasteiger partial charge in [0.15, 0.2) is 0 Å². The number of phenolic OH excluding ortho intramolecular Hbond substituents is 1. The molecule has 21 heavy (non-hydrogen) atoms. The predicted octanol–water partition coefficient (Wildman–Crippen LogP) is 3.04. The van der Waals surface area contributed by atoms with Crippen LogP contribution >= 0.6 is 0 Å². The molecule has 0 aliphatic heterocycles. The molecule has 0 saturated carbocycles. The van der Waals surface area contributed by atoms with Gasteiger partial charge in [0.1, 0.15) is 11.5 Å². The van der Waals surface area contributed by atoms with Gasteiger partial charge >= 0.3 is 0 Å². The van der Waals surface area contributed by atoms with Gasteiger partial charge in [-0.3, -0.25) is 0 Å². The summed E-state index contributed by atoms with van der Waals surface area (Å²) in [6, 6.07) is 14.5. The van der Waals surface area contributed by atoms with Gasteiger partial charge in [-0.15, -0.1) is 0 Å². The number of aromatic nitrogens is 2. The van der Waals surface area contributed by atoms with Crippen molar-refractivity contribution in [3.8, 4) is 22.9 Å². The van der Waals surface area contributed by atoms with Crippen LogP contribution in [0.1, 0.15) is 11.5 Å². The Morgan fingerprint density at radius 2 is 1.95 bits per heavy atom. The van der Waals surface area contributed by atoms with E-state index in [1.165, 1.54) is 0 Å². The summed E-state index contributed by atoms with van der Waals surface area (Å²) in [6.07, 6.45) is 0.551. The van der Waals surface area contributed by atoms with E-state index in [1.807, 2.05) is 30.3 Å². The number of hydrogen-bond donors (Lipinski definition) is 1. The molecule has 0 radical (unpaired) electrons. The summed E-state index contributed by atoms with van der Waals surface area (Å²) in [4.78, 5) is 4.34. The predicted molar refractivity (Wildman–Crippen MR) is 77.2 cm³/mol. The maximum absolute atomic E-state index is 9.47. The Balaban J connectivity index is 1.78. The summed E-state index contributed by atoms with van der Waals surface area (Å²) in [5.41, 5.74) is 1.78. The Labute approximate surface area is 121 Å². The minimum atomic E-state index is 0.175. The maximum atomic E-state index is 9.47. The Bertz CT molecular complexity index is 735. The largest absolute Gasteiger partial charge is 0.508 e. The van der Waals surface area contributed by atoms with Crippen LogP contribution in [0.4, 0.5) is 0 Å². The van der Waals surface area contributed by atoms with Crippen molar-refractivity contribution in [3.05, 3.63) is 60.0 Å². The van der Waals surface area contributed by atoms with Gasteiger partial charge in [-0.1, -0.05) is 29.4 Å². The fourth-order valence-electron chi connectivity index (χ4n) is 2.01. The number of phenols is 1. The average molecular weight is 282 g/mol. The third kappa shape index (κ3) is 3.02. The number of hydrogen-bond acceptors (Lipinski definition) is 5. The molecule has 3 aromatic rings. The van der Waals surface area contributed by atoms with E-state index in [0.29, 0.717) is 18.1 Å². The van der Waals surface area contributed by atoms with Crippen molar-refractivity contribution in [1.29, 1.82) is 0 Å². The van der Waals surface area contributed by atoms with Gasteiger partial charge in [0.2, 0.25) is 11.7 Å². The van der Waals surface area contributed by atoms with Crippen LogP contribution in [0.15, 0.2) is 53.1 Å². The molecule has 0 aliphatic carbocycles. The normalized spacial score (nSPS) is 10.5. The van der Waals surface area contributed by atoms with Crippen LogP contribution in [-0.2, 0) is 6.42 Å². The molecule has 1 heterocycles. The fraction of sp³-hybridized carbons (Fsp3) is 0.125. The summed E-state index contributed by atoms with van der Waals surface area (Å²) in [5.74, 6) is 1.98. The van der Waals surface area contributed by atoms with Gasteiger partial charge in [0.25, 0.3) is 0 Å². The first kappa shape index (κ1) is 13.2. The molecule has 1 N–H and O–H groups in total. The molecule has 5 heteroatoms. The van der Waals surface area contributed by atoms with Crippen molar-refractivity contribution in [1.82, 2.24) is 10.1 Å². The number of aromatic hydroxyl groups is 1. The number of ether oxygens (including phenoxy) is 1. The zero-order valence-electron chi connectivity index (χ0n) is 11.5. The van der Waals surface area contributed by atoms with E-state index in [2.05, 4.69) is 10.1 Å². The van der Waals surface area contributed by atoms with Gasteiger partial charge in [0, 0.05) is 5.56 Å². The maximum Gasteiger partial charge on any atom is 0.231 e. The monoisotopic (exact) mass is 282 g/mol. The molecule has 0 aliphatic rings. The lowest BCUT2D eigenvalue weighted by molar-refractivity contribution is 0.385. The van der Waals surface area contributed by atoms with Crippen LogP contribution in [0.25, 0.3) is 11.4 Å². The molecule has 0 fully saturated rings. The van der Waals surface area contributed by atoms with Crippen molar-refractivity contribution in [2.24, 2.45) is 0 Å². The topological polar surface area (TPSA) is 68.4 Å². The molecular weight excluding hydrogens is 268 g/mol. The second kappa shape index (κ2) is 5.66. The summed E-state index contributed by atoms with van der Waals surface area (Å²) in [5, 5.41) is 13.4. The highest BCUT2D eigenvalue weighted by atomic mass is 16.5. The minimum absolute atomic E-state index is 0.175. The lowest BCUT2D eigenvalue weighted by Gasteiger charge is -2.00. The van der Waals surface area contributed by atoms with E-state index in [9.17, 15) is 5.11 Å². The summed E-state index contributed by atoms with van der Waals surface area (Å²) in [6.45, 7) is 0. The van der Waals surface area contributed by atoms with Crippen LogP contribution in [0, 0.1) is 0 Å². The van der Waals surface area contributed by atoms with E-state index in [0.717, 1.165) is 16.9 Å².